The van der Waals surface area contributed by atoms with Crippen molar-refractivity contribution in [3.63, 3.8) is 0 Å². The van der Waals surface area contributed by atoms with E-state index in [0.29, 0.717) is 6.54 Å². The molecule has 1 aliphatic carbocycles. The highest BCUT2D eigenvalue weighted by molar-refractivity contribution is 5.78. The van der Waals surface area contributed by atoms with E-state index in [0.717, 1.165) is 81.2 Å². The maximum absolute atomic E-state index is 12.8. The summed E-state index contributed by atoms with van der Waals surface area (Å²) in [5, 5.41) is 8.89. The van der Waals surface area contributed by atoms with Gasteiger partial charge in [0.05, 0.1) is 19.3 Å². The topological polar surface area (TPSA) is 65.0 Å². The highest BCUT2D eigenvalue weighted by atomic mass is 16.5. The third kappa shape index (κ3) is 5.12. The number of carbonyl (C=O) groups is 1. The molecule has 176 valence electrons. The van der Waals surface area contributed by atoms with Crippen LogP contribution in [0, 0.1) is 0 Å². The van der Waals surface area contributed by atoms with Gasteiger partial charge in [0.2, 0.25) is 5.91 Å². The number of aromatic nitrogens is 2. The summed E-state index contributed by atoms with van der Waals surface area (Å²) in [6.07, 6.45) is 4.05. The molecule has 0 N–H and O–H groups in total. The first-order valence-corrected chi connectivity index (χ1v) is 12.2. The number of rotatable bonds is 6. The van der Waals surface area contributed by atoms with Crippen molar-refractivity contribution in [2.24, 2.45) is 0 Å². The molecule has 0 bridgehead atoms. The van der Waals surface area contributed by atoms with Gasteiger partial charge in [0, 0.05) is 64.0 Å². The summed E-state index contributed by atoms with van der Waals surface area (Å²) < 4.78 is 5.22. The van der Waals surface area contributed by atoms with E-state index in [1.807, 2.05) is 36.4 Å². The van der Waals surface area contributed by atoms with Crippen LogP contribution in [0.3, 0.4) is 0 Å². The smallest absolute Gasteiger partial charge is 0.236 e. The van der Waals surface area contributed by atoms with E-state index >= 15 is 0 Å². The van der Waals surface area contributed by atoms with Crippen LogP contribution >= 0.6 is 0 Å². The van der Waals surface area contributed by atoms with Gasteiger partial charge in [-0.2, -0.15) is 0 Å². The van der Waals surface area contributed by atoms with Crippen molar-refractivity contribution in [3.05, 3.63) is 36.4 Å². The van der Waals surface area contributed by atoms with E-state index in [2.05, 4.69) is 29.8 Å². The molecule has 8 heteroatoms. The van der Waals surface area contributed by atoms with Crippen molar-refractivity contribution in [3.8, 4) is 17.0 Å². The summed E-state index contributed by atoms with van der Waals surface area (Å²) >= 11 is 0. The summed E-state index contributed by atoms with van der Waals surface area (Å²) in [7, 11) is 1.66. The molecule has 2 aliphatic heterocycles. The van der Waals surface area contributed by atoms with E-state index in [4.69, 9.17) is 4.74 Å². The highest BCUT2D eigenvalue weighted by Gasteiger charge is 2.30. The Balaban J connectivity index is 1.08. The monoisotopic (exact) mass is 450 g/mol. The second-order valence-electron chi connectivity index (χ2n) is 9.27. The van der Waals surface area contributed by atoms with Gasteiger partial charge in [0.1, 0.15) is 5.75 Å². The molecule has 1 aromatic carbocycles. The van der Waals surface area contributed by atoms with Gasteiger partial charge in [-0.25, -0.2) is 0 Å². The summed E-state index contributed by atoms with van der Waals surface area (Å²) in [4.78, 5) is 22.0. The average molecular weight is 451 g/mol. The average Bonchev–Trinajstić information content (AvgIpc) is 2.84. The zero-order valence-electron chi connectivity index (χ0n) is 19.5. The zero-order chi connectivity index (χ0) is 22.6. The lowest BCUT2D eigenvalue weighted by molar-refractivity contribution is -0.134. The molecule has 1 saturated carbocycles. The van der Waals surface area contributed by atoms with E-state index < -0.39 is 0 Å². The number of carbonyl (C=O) groups excluding carboxylic acids is 1. The van der Waals surface area contributed by atoms with E-state index in [1.54, 1.807) is 7.11 Å². The van der Waals surface area contributed by atoms with Crippen molar-refractivity contribution in [1.29, 1.82) is 0 Å². The lowest BCUT2D eigenvalue weighted by Crippen LogP contribution is -2.56. The first-order valence-electron chi connectivity index (χ1n) is 12.2. The number of anilines is 1. The molecule has 0 radical (unpaired) electrons. The quantitative estimate of drug-likeness (QED) is 0.667. The Morgan fingerprint density at radius 3 is 2.21 bits per heavy atom. The Morgan fingerprint density at radius 1 is 0.909 bits per heavy atom. The fourth-order valence-corrected chi connectivity index (χ4v) is 4.92. The molecule has 3 aliphatic rings. The summed E-state index contributed by atoms with van der Waals surface area (Å²) in [5.41, 5.74) is 1.87. The van der Waals surface area contributed by atoms with Gasteiger partial charge in [-0.3, -0.25) is 14.6 Å². The second-order valence-corrected chi connectivity index (χ2v) is 9.27. The van der Waals surface area contributed by atoms with Gasteiger partial charge in [0.25, 0.3) is 0 Å². The standard InChI is InChI=1S/C25H34N6O2/c1-33-22-7-5-20(6-8-22)23-9-10-24(27-26-23)30-13-11-28(12-14-30)19-25(32)31-17-15-29(16-18-31)21-3-2-4-21/h5-10,21H,2-4,11-19H2,1H3. The largest absolute Gasteiger partial charge is 0.497 e. The van der Waals surface area contributed by atoms with Crippen molar-refractivity contribution in [1.82, 2.24) is 24.9 Å². The minimum atomic E-state index is 0.278. The molecule has 0 unspecified atom stereocenters. The van der Waals surface area contributed by atoms with Gasteiger partial charge in [-0.15, -0.1) is 10.2 Å². The SMILES string of the molecule is COc1ccc(-c2ccc(N3CCN(CC(=O)N4CCN(C5CCC5)CC4)CC3)nn2)cc1. The van der Waals surface area contributed by atoms with Crippen LogP contribution in [0.1, 0.15) is 19.3 Å². The third-order valence-electron chi connectivity index (χ3n) is 7.35. The number of methoxy groups -OCH3 is 1. The lowest BCUT2D eigenvalue weighted by Gasteiger charge is -2.43. The van der Waals surface area contributed by atoms with E-state index in [1.165, 1.54) is 19.3 Å². The van der Waals surface area contributed by atoms with Crippen molar-refractivity contribution in [2.45, 2.75) is 25.3 Å². The molecular weight excluding hydrogens is 416 g/mol. The number of piperazine rings is 2. The Morgan fingerprint density at radius 2 is 1.64 bits per heavy atom. The predicted molar refractivity (Wildman–Crippen MR) is 128 cm³/mol. The minimum Gasteiger partial charge on any atom is -0.497 e. The molecule has 2 aromatic rings. The third-order valence-corrected chi connectivity index (χ3v) is 7.35. The van der Waals surface area contributed by atoms with Crippen LogP contribution in [0.5, 0.6) is 5.75 Å². The van der Waals surface area contributed by atoms with Crippen LogP contribution in [0.25, 0.3) is 11.3 Å². The molecular formula is C25H34N6O2. The fourth-order valence-electron chi connectivity index (χ4n) is 4.92. The van der Waals surface area contributed by atoms with Gasteiger partial charge in [0.15, 0.2) is 5.82 Å². The number of ether oxygens (including phenoxy) is 1. The molecule has 1 amide bonds. The first kappa shape index (κ1) is 22.1. The number of hydrogen-bond acceptors (Lipinski definition) is 7. The van der Waals surface area contributed by atoms with Gasteiger partial charge >= 0.3 is 0 Å². The van der Waals surface area contributed by atoms with Crippen molar-refractivity contribution in [2.75, 3.05) is 70.9 Å². The molecule has 5 rings (SSSR count). The van der Waals surface area contributed by atoms with E-state index in [9.17, 15) is 4.79 Å². The highest BCUT2D eigenvalue weighted by Crippen LogP contribution is 2.26. The van der Waals surface area contributed by atoms with Crippen molar-refractivity contribution < 1.29 is 9.53 Å². The molecule has 0 atom stereocenters. The molecule has 2 saturated heterocycles. The Bertz CT molecular complexity index is 915. The predicted octanol–water partition coefficient (Wildman–Crippen LogP) is 1.97. The van der Waals surface area contributed by atoms with Crippen LogP contribution in [0.15, 0.2) is 36.4 Å². The van der Waals surface area contributed by atoms with Crippen LogP contribution in [0.2, 0.25) is 0 Å². The minimum absolute atomic E-state index is 0.278. The molecule has 33 heavy (non-hydrogen) atoms. The lowest BCUT2D eigenvalue weighted by atomic mass is 9.91. The Hall–Kier alpha value is -2.71. The van der Waals surface area contributed by atoms with Gasteiger partial charge in [-0.1, -0.05) is 6.42 Å². The summed E-state index contributed by atoms with van der Waals surface area (Å²) in [6, 6.07) is 12.7. The Kier molecular flexibility index (Phi) is 6.73. The normalized spacial score (nSPS) is 20.5. The number of nitrogens with zero attached hydrogens (tertiary/aromatic N) is 6. The Labute approximate surface area is 196 Å². The van der Waals surface area contributed by atoms with E-state index in [-0.39, 0.29) is 5.91 Å². The van der Waals surface area contributed by atoms with Crippen LogP contribution in [-0.2, 0) is 4.79 Å². The zero-order valence-corrected chi connectivity index (χ0v) is 19.5. The number of benzene rings is 1. The van der Waals surface area contributed by atoms with Gasteiger partial charge < -0.3 is 14.5 Å². The molecule has 8 nitrogen and oxygen atoms in total. The van der Waals surface area contributed by atoms with Crippen LogP contribution < -0.4 is 9.64 Å². The molecule has 3 heterocycles. The molecule has 1 aromatic heterocycles. The maximum atomic E-state index is 12.8. The van der Waals surface area contributed by atoms with Crippen LogP contribution in [-0.4, -0.2) is 103 Å². The first-order chi connectivity index (χ1) is 16.2. The molecule has 3 fully saturated rings. The van der Waals surface area contributed by atoms with Gasteiger partial charge in [-0.05, 0) is 49.2 Å². The maximum Gasteiger partial charge on any atom is 0.236 e. The number of amides is 1. The number of hydrogen-bond donors (Lipinski definition) is 0. The molecule has 0 spiro atoms. The second kappa shape index (κ2) is 10.1. The van der Waals surface area contributed by atoms with Crippen LogP contribution in [0.4, 0.5) is 5.82 Å². The fraction of sp³-hybridized carbons (Fsp3) is 0.560. The van der Waals surface area contributed by atoms with Crippen molar-refractivity contribution >= 4 is 11.7 Å². The summed E-state index contributed by atoms with van der Waals surface area (Å²) in [5.74, 6) is 2.00. The summed E-state index contributed by atoms with van der Waals surface area (Å²) in [6.45, 7) is 7.82.